The molecule has 1 fully saturated rings. The summed E-state index contributed by atoms with van der Waals surface area (Å²) in [5, 5.41) is 0. The highest BCUT2D eigenvalue weighted by Gasteiger charge is 2.35. The zero-order valence-electron chi connectivity index (χ0n) is 14.7. The van der Waals surface area contributed by atoms with Crippen molar-refractivity contribution in [1.82, 2.24) is 4.90 Å². The number of morpholine rings is 1. The zero-order valence-corrected chi connectivity index (χ0v) is 14.7. The number of nitrogens with zero attached hydrogens (tertiary/aromatic N) is 3. The van der Waals surface area contributed by atoms with E-state index in [1.165, 1.54) is 0 Å². The van der Waals surface area contributed by atoms with Gasteiger partial charge in [0.15, 0.2) is 0 Å². The quantitative estimate of drug-likeness (QED) is 0.849. The van der Waals surface area contributed by atoms with Gasteiger partial charge in [0.2, 0.25) is 0 Å². The number of hydrogen-bond acceptors (Lipinski definition) is 5. The second kappa shape index (κ2) is 7.27. The predicted octanol–water partition coefficient (Wildman–Crippen LogP) is 2.45. The first kappa shape index (κ1) is 16.8. The number of ether oxygens (including phenoxy) is 2. The Bertz CT molecular complexity index is 844. The van der Waals surface area contributed by atoms with E-state index in [9.17, 15) is 4.79 Å². The van der Waals surface area contributed by atoms with Crippen LogP contribution in [0.2, 0.25) is 0 Å². The highest BCUT2D eigenvalue weighted by Crippen LogP contribution is 2.33. The molecule has 2 heterocycles. The van der Waals surface area contributed by atoms with E-state index in [1.807, 2.05) is 48.5 Å². The number of fused-ring (bicyclic) bond motifs is 1. The predicted molar refractivity (Wildman–Crippen MR) is 100 cm³/mol. The number of rotatable bonds is 4. The Hall–Kier alpha value is -2.70. The molecule has 134 valence electrons. The van der Waals surface area contributed by atoms with Gasteiger partial charge >= 0.3 is 0 Å². The third-order valence-corrected chi connectivity index (χ3v) is 4.66. The van der Waals surface area contributed by atoms with Crippen LogP contribution in [0.4, 0.5) is 11.4 Å². The smallest absolute Gasteiger partial charge is 0.278 e. The van der Waals surface area contributed by atoms with Gasteiger partial charge in [-0.3, -0.25) is 14.6 Å². The lowest BCUT2D eigenvalue weighted by Gasteiger charge is -2.30. The number of carbonyl (C=O) groups is 1. The van der Waals surface area contributed by atoms with Crippen LogP contribution in [0.5, 0.6) is 5.75 Å². The van der Waals surface area contributed by atoms with Gasteiger partial charge in [0, 0.05) is 18.7 Å². The number of methoxy groups -OCH3 is 1. The normalized spacial score (nSPS) is 19.0. The number of anilines is 1. The van der Waals surface area contributed by atoms with Crippen LogP contribution in [0.15, 0.2) is 53.5 Å². The van der Waals surface area contributed by atoms with Crippen molar-refractivity contribution in [1.29, 1.82) is 0 Å². The molecule has 2 aromatic carbocycles. The minimum Gasteiger partial charge on any atom is -0.494 e. The first-order valence-corrected chi connectivity index (χ1v) is 8.71. The van der Waals surface area contributed by atoms with Gasteiger partial charge in [0.1, 0.15) is 17.1 Å². The average Bonchev–Trinajstić information content (AvgIpc) is 2.95. The standard InChI is InChI=1S/C20H21N3O3/c1-25-18-9-5-3-7-16(18)21-19-15-6-2-4-8-17(15)23(20(19)24)14-22-10-12-26-13-11-22/h2-9H,10-14H2,1H3. The van der Waals surface area contributed by atoms with Gasteiger partial charge < -0.3 is 9.47 Å². The van der Waals surface area contributed by atoms with Crippen LogP contribution < -0.4 is 9.64 Å². The van der Waals surface area contributed by atoms with Crippen LogP contribution in [0, 0.1) is 0 Å². The monoisotopic (exact) mass is 351 g/mol. The molecular weight excluding hydrogens is 330 g/mol. The molecule has 1 amide bonds. The Kier molecular flexibility index (Phi) is 4.69. The number of para-hydroxylation sites is 3. The third kappa shape index (κ3) is 3.09. The van der Waals surface area contributed by atoms with Gasteiger partial charge in [0.25, 0.3) is 5.91 Å². The van der Waals surface area contributed by atoms with E-state index in [1.54, 1.807) is 12.0 Å². The van der Waals surface area contributed by atoms with E-state index in [-0.39, 0.29) is 5.91 Å². The highest BCUT2D eigenvalue weighted by atomic mass is 16.5. The molecule has 26 heavy (non-hydrogen) atoms. The molecule has 0 spiro atoms. The first-order chi connectivity index (χ1) is 12.8. The van der Waals surface area contributed by atoms with Crippen LogP contribution in [0.25, 0.3) is 0 Å². The number of aliphatic imine (C=N–C) groups is 1. The lowest BCUT2D eigenvalue weighted by Crippen LogP contribution is -2.45. The molecule has 2 aromatic rings. The Balaban J connectivity index is 1.70. The van der Waals surface area contributed by atoms with Crippen LogP contribution in [0.1, 0.15) is 5.56 Å². The molecule has 0 unspecified atom stereocenters. The fourth-order valence-corrected chi connectivity index (χ4v) is 3.30. The molecule has 0 saturated carbocycles. The molecule has 2 aliphatic rings. The molecule has 6 nitrogen and oxygen atoms in total. The Morgan fingerprint density at radius 3 is 2.62 bits per heavy atom. The summed E-state index contributed by atoms with van der Waals surface area (Å²) in [4.78, 5) is 21.8. The second-order valence-electron chi connectivity index (χ2n) is 6.25. The van der Waals surface area contributed by atoms with Crippen LogP contribution in [-0.4, -0.2) is 56.6 Å². The third-order valence-electron chi connectivity index (χ3n) is 4.66. The van der Waals surface area contributed by atoms with Gasteiger partial charge in [-0.2, -0.15) is 0 Å². The summed E-state index contributed by atoms with van der Waals surface area (Å²) in [6.45, 7) is 3.59. The molecule has 0 radical (unpaired) electrons. The van der Waals surface area contributed by atoms with Gasteiger partial charge in [-0.25, -0.2) is 4.99 Å². The van der Waals surface area contributed by atoms with Gasteiger partial charge in [-0.05, 0) is 18.2 Å². The summed E-state index contributed by atoms with van der Waals surface area (Å²) >= 11 is 0. The zero-order chi connectivity index (χ0) is 17.9. The number of carbonyl (C=O) groups excluding carboxylic acids is 1. The molecule has 0 bridgehead atoms. The summed E-state index contributed by atoms with van der Waals surface area (Å²) in [6.07, 6.45) is 0. The number of hydrogen-bond donors (Lipinski definition) is 0. The Morgan fingerprint density at radius 1 is 1.08 bits per heavy atom. The molecule has 1 saturated heterocycles. The van der Waals surface area contributed by atoms with Crippen molar-refractivity contribution < 1.29 is 14.3 Å². The molecule has 6 heteroatoms. The van der Waals surface area contributed by atoms with E-state index in [0.29, 0.717) is 37.0 Å². The minimum absolute atomic E-state index is 0.0800. The van der Waals surface area contributed by atoms with Gasteiger partial charge in [0.05, 0.1) is 32.7 Å². The van der Waals surface area contributed by atoms with Crippen molar-refractivity contribution in [3.05, 3.63) is 54.1 Å². The van der Waals surface area contributed by atoms with Gasteiger partial charge in [-0.1, -0.05) is 30.3 Å². The van der Waals surface area contributed by atoms with Crippen molar-refractivity contribution in [3.8, 4) is 5.75 Å². The van der Waals surface area contributed by atoms with Gasteiger partial charge in [-0.15, -0.1) is 0 Å². The molecule has 4 rings (SSSR count). The van der Waals surface area contributed by atoms with Crippen LogP contribution >= 0.6 is 0 Å². The van der Waals surface area contributed by atoms with Crippen LogP contribution in [0.3, 0.4) is 0 Å². The first-order valence-electron chi connectivity index (χ1n) is 8.71. The Labute approximate surface area is 152 Å². The van der Waals surface area contributed by atoms with Crippen LogP contribution in [-0.2, 0) is 9.53 Å². The molecule has 0 aliphatic carbocycles. The topological polar surface area (TPSA) is 54.4 Å². The largest absolute Gasteiger partial charge is 0.494 e. The van der Waals surface area contributed by atoms with Crippen molar-refractivity contribution in [2.45, 2.75) is 0 Å². The van der Waals surface area contributed by atoms with Crippen molar-refractivity contribution in [3.63, 3.8) is 0 Å². The molecular formula is C20H21N3O3. The fourth-order valence-electron chi connectivity index (χ4n) is 3.30. The van der Waals surface area contributed by atoms with E-state index in [4.69, 9.17) is 9.47 Å². The average molecular weight is 351 g/mol. The number of amides is 1. The summed E-state index contributed by atoms with van der Waals surface area (Å²) in [7, 11) is 1.61. The van der Waals surface area contributed by atoms with E-state index in [0.717, 1.165) is 24.3 Å². The van der Waals surface area contributed by atoms with E-state index >= 15 is 0 Å². The minimum atomic E-state index is -0.0800. The lowest BCUT2D eigenvalue weighted by molar-refractivity contribution is -0.112. The summed E-state index contributed by atoms with van der Waals surface area (Å²) in [5.41, 5.74) is 2.87. The maximum atomic E-state index is 13.1. The maximum absolute atomic E-state index is 13.1. The van der Waals surface area contributed by atoms with Crippen molar-refractivity contribution >= 4 is 23.0 Å². The maximum Gasteiger partial charge on any atom is 0.278 e. The SMILES string of the molecule is COc1ccccc1N=C1C(=O)N(CN2CCOCC2)c2ccccc21. The summed E-state index contributed by atoms with van der Waals surface area (Å²) < 4.78 is 10.8. The van der Waals surface area contributed by atoms with E-state index in [2.05, 4.69) is 9.89 Å². The molecule has 0 N–H and O–H groups in total. The molecule has 2 aliphatic heterocycles. The van der Waals surface area contributed by atoms with Crippen molar-refractivity contribution in [2.75, 3.05) is 45.0 Å². The summed E-state index contributed by atoms with van der Waals surface area (Å²) in [5.74, 6) is 0.570. The Morgan fingerprint density at radius 2 is 1.81 bits per heavy atom. The van der Waals surface area contributed by atoms with E-state index < -0.39 is 0 Å². The van der Waals surface area contributed by atoms with Crippen molar-refractivity contribution in [2.24, 2.45) is 4.99 Å². The lowest BCUT2D eigenvalue weighted by atomic mass is 10.1. The summed E-state index contributed by atoms with van der Waals surface area (Å²) in [6, 6.07) is 15.3. The second-order valence-corrected chi connectivity index (χ2v) is 6.25. The highest BCUT2D eigenvalue weighted by molar-refractivity contribution is 6.54. The molecule has 0 aromatic heterocycles. The number of benzene rings is 2. The fraction of sp³-hybridized carbons (Fsp3) is 0.300. The molecule has 0 atom stereocenters.